The topological polar surface area (TPSA) is 86.3 Å². The largest absolute Gasteiger partial charge is 0.416 e. The molecular formula is C54H60BrF3N4O4. The van der Waals surface area contributed by atoms with Crippen molar-refractivity contribution in [2.24, 2.45) is 11.8 Å². The second kappa shape index (κ2) is 18.8. The third-order valence-electron chi connectivity index (χ3n) is 14.1. The van der Waals surface area contributed by atoms with Crippen molar-refractivity contribution in [3.63, 3.8) is 0 Å². The zero-order valence-corrected chi connectivity index (χ0v) is 39.8. The van der Waals surface area contributed by atoms with Crippen molar-refractivity contribution in [2.75, 3.05) is 51.0 Å². The second-order valence-electron chi connectivity index (χ2n) is 19.9. The number of benzene rings is 5. The third-order valence-corrected chi connectivity index (χ3v) is 14.8. The van der Waals surface area contributed by atoms with Crippen molar-refractivity contribution < 1.29 is 32.5 Å². The number of nitrogens with zero attached hydrogens (tertiary/aromatic N) is 2. The number of aliphatic hydroxyl groups is 1. The molecule has 0 bridgehead atoms. The third kappa shape index (κ3) is 9.54. The van der Waals surface area contributed by atoms with Crippen molar-refractivity contribution in [2.45, 2.75) is 94.5 Å². The molecule has 0 radical (unpaired) electrons. The quantitative estimate of drug-likeness (QED) is 0.129. The van der Waals surface area contributed by atoms with E-state index >= 15 is 0 Å². The summed E-state index contributed by atoms with van der Waals surface area (Å²) in [6.45, 7) is 8.18. The fourth-order valence-corrected chi connectivity index (χ4v) is 11.0. The number of aliphatic hydroxyl groups excluding tert-OH is 1. The summed E-state index contributed by atoms with van der Waals surface area (Å²) in [7, 11) is 4.04. The molecule has 5 aromatic carbocycles. The monoisotopic (exact) mass is 964 g/mol. The summed E-state index contributed by atoms with van der Waals surface area (Å²) < 4.78 is 56.0. The molecule has 4 aliphatic heterocycles. The first-order valence-corrected chi connectivity index (χ1v) is 24.0. The molecule has 8 nitrogen and oxygen atoms in total. The molecule has 4 unspecified atom stereocenters. The van der Waals surface area contributed by atoms with Crippen molar-refractivity contribution in [1.29, 1.82) is 0 Å². The zero-order chi connectivity index (χ0) is 46.5. The van der Waals surface area contributed by atoms with Crippen molar-refractivity contribution in [3.05, 3.63) is 153 Å². The van der Waals surface area contributed by atoms with E-state index in [0.29, 0.717) is 49.3 Å². The predicted octanol–water partition coefficient (Wildman–Crippen LogP) is 12.1. The highest BCUT2D eigenvalue weighted by molar-refractivity contribution is 9.10. The molecule has 2 fully saturated rings. The van der Waals surface area contributed by atoms with Gasteiger partial charge in [-0.05, 0) is 122 Å². The van der Waals surface area contributed by atoms with Gasteiger partial charge >= 0.3 is 6.18 Å². The van der Waals surface area contributed by atoms with Gasteiger partial charge in [0.05, 0.1) is 48.7 Å². The molecule has 0 saturated carbocycles. The Morgan fingerprint density at radius 3 is 1.95 bits per heavy atom. The normalized spacial score (nSPS) is 24.8. The van der Waals surface area contributed by atoms with Gasteiger partial charge in [-0.2, -0.15) is 13.2 Å². The summed E-state index contributed by atoms with van der Waals surface area (Å²) in [6.07, 6.45) is -2.87. The number of amides is 1. The number of halogens is 4. The van der Waals surface area contributed by atoms with Crippen LogP contribution < -0.4 is 10.6 Å². The van der Waals surface area contributed by atoms with Gasteiger partial charge in [0.25, 0.3) is 5.91 Å². The van der Waals surface area contributed by atoms with E-state index in [-0.39, 0.29) is 54.1 Å². The lowest BCUT2D eigenvalue weighted by Gasteiger charge is -2.46. The molecule has 8 atom stereocenters. The Morgan fingerprint density at radius 2 is 1.32 bits per heavy atom. The van der Waals surface area contributed by atoms with Crippen LogP contribution >= 0.6 is 15.9 Å². The Kier molecular flexibility index (Phi) is 13.2. The van der Waals surface area contributed by atoms with Gasteiger partial charge in [-0.1, -0.05) is 97.4 Å². The molecule has 4 aliphatic rings. The van der Waals surface area contributed by atoms with Crippen LogP contribution in [0.1, 0.15) is 114 Å². The predicted molar refractivity (Wildman–Crippen MR) is 258 cm³/mol. The van der Waals surface area contributed by atoms with Crippen molar-refractivity contribution in [3.8, 4) is 11.1 Å². The van der Waals surface area contributed by atoms with Crippen LogP contribution in [0.25, 0.3) is 11.1 Å². The molecule has 5 aromatic rings. The van der Waals surface area contributed by atoms with Crippen LogP contribution in [0.4, 0.5) is 24.5 Å². The first-order valence-electron chi connectivity index (χ1n) is 23.2. The van der Waals surface area contributed by atoms with Gasteiger partial charge in [-0.3, -0.25) is 4.79 Å². The second-order valence-corrected chi connectivity index (χ2v) is 20.8. The summed E-state index contributed by atoms with van der Waals surface area (Å²) >= 11 is 3.79. The van der Waals surface area contributed by atoms with Gasteiger partial charge in [0.15, 0.2) is 0 Å². The van der Waals surface area contributed by atoms with Gasteiger partial charge < -0.3 is 35.0 Å². The molecule has 3 N–H and O–H groups in total. The van der Waals surface area contributed by atoms with Gasteiger partial charge in [-0.15, -0.1) is 0 Å². The molecule has 1 amide bonds. The Labute approximate surface area is 395 Å². The Bertz CT molecular complexity index is 2550. The summed E-state index contributed by atoms with van der Waals surface area (Å²) in [5.41, 5.74) is 8.32. The number of carbonyl (C=O) groups excluding carboxylic acids is 1. The minimum atomic E-state index is -4.50. The number of anilines is 2. The van der Waals surface area contributed by atoms with Crippen LogP contribution in [0.3, 0.4) is 0 Å². The Balaban J connectivity index is 0.988. The van der Waals surface area contributed by atoms with E-state index in [2.05, 4.69) is 107 Å². The number of hydrogen-bond acceptors (Lipinski definition) is 7. The number of fused-ring (bicyclic) bond motifs is 6. The zero-order valence-electron chi connectivity index (χ0n) is 38.2. The van der Waals surface area contributed by atoms with Gasteiger partial charge in [0.2, 0.25) is 0 Å². The van der Waals surface area contributed by atoms with Crippen molar-refractivity contribution >= 4 is 33.2 Å². The van der Waals surface area contributed by atoms with E-state index in [1.54, 1.807) is 0 Å². The van der Waals surface area contributed by atoms with Crippen LogP contribution in [0.5, 0.6) is 0 Å². The lowest BCUT2D eigenvalue weighted by Crippen LogP contribution is -2.46. The highest BCUT2D eigenvalue weighted by Crippen LogP contribution is 2.53. The standard InChI is InChI=1S/C54H60BrF3N4O4/c1-53(2,3)36-15-22-46-43(28-36)50-40(48(59-46)32-10-7-6-8-11-32)19-17-38(65-50)30-62(25-24-61(4)5)52(64)35-14-21-45(55)42(27-35)33-12-9-13-34(26-33)49-41-20-18-39(31-63)66-51(41)44-29-37(54(56,57)58)16-23-47(44)60-49/h6-16,21-23,26-29,38-41,48-51,59-60,63H,17-20,24-25,30-31H2,1-5H3/t38?,39-,40?,41+,48?,49+,50?,51+/m0/s1. The molecule has 2 saturated heterocycles. The minimum Gasteiger partial charge on any atom is -0.394 e. The SMILES string of the molecule is CN(C)CCN(CC1CCC2C(c3ccccc3)Nc3ccc(C(C)(C)C)cc3C2O1)C(=O)c1ccc(Br)c(-c2cccc([C@H]3Nc4ccc(C(F)(F)F)cc4[C@@H]4O[C@H](CO)CC[C@H]34)c2)c1. The van der Waals surface area contributed by atoms with Gasteiger partial charge in [0.1, 0.15) is 0 Å². The van der Waals surface area contributed by atoms with Crippen LogP contribution in [0.15, 0.2) is 114 Å². The number of carbonyl (C=O) groups is 1. The molecule has 66 heavy (non-hydrogen) atoms. The number of alkyl halides is 3. The molecule has 9 rings (SSSR count). The smallest absolute Gasteiger partial charge is 0.394 e. The highest BCUT2D eigenvalue weighted by atomic mass is 79.9. The van der Waals surface area contributed by atoms with Crippen LogP contribution in [-0.4, -0.2) is 73.4 Å². The molecule has 0 aromatic heterocycles. The maximum atomic E-state index is 14.8. The van der Waals surface area contributed by atoms with Crippen LogP contribution in [0.2, 0.25) is 0 Å². The number of likely N-dealkylation sites (N-methyl/N-ethyl adjacent to an activating group) is 1. The van der Waals surface area contributed by atoms with E-state index < -0.39 is 23.9 Å². The van der Waals surface area contributed by atoms with Crippen LogP contribution in [-0.2, 0) is 21.1 Å². The lowest BCUT2D eigenvalue weighted by molar-refractivity contribution is -0.138. The van der Waals surface area contributed by atoms with Gasteiger partial charge in [-0.25, -0.2) is 0 Å². The summed E-state index contributed by atoms with van der Waals surface area (Å²) in [6, 6.07) is 34.8. The summed E-state index contributed by atoms with van der Waals surface area (Å²) in [5.74, 6) is -0.0299. The van der Waals surface area contributed by atoms with E-state index in [9.17, 15) is 23.1 Å². The lowest BCUT2D eigenvalue weighted by atomic mass is 9.75. The fourth-order valence-electron chi connectivity index (χ4n) is 10.5. The number of ether oxygens (including phenoxy) is 2. The maximum absolute atomic E-state index is 14.8. The number of rotatable bonds is 10. The van der Waals surface area contributed by atoms with Crippen molar-refractivity contribution in [1.82, 2.24) is 9.80 Å². The molecule has 0 aliphatic carbocycles. The van der Waals surface area contributed by atoms with E-state index in [1.165, 1.54) is 28.8 Å². The van der Waals surface area contributed by atoms with Gasteiger partial charge in [0, 0.05) is 64.0 Å². The molecule has 4 heterocycles. The maximum Gasteiger partial charge on any atom is 0.416 e. The molecule has 0 spiro atoms. The van der Waals surface area contributed by atoms with Crippen LogP contribution in [0, 0.1) is 11.8 Å². The highest BCUT2D eigenvalue weighted by Gasteiger charge is 2.45. The molecule has 12 heteroatoms. The fraction of sp³-hybridized carbons (Fsp3) is 0.426. The first kappa shape index (κ1) is 46.4. The minimum absolute atomic E-state index is 0.0282. The number of nitrogens with one attached hydrogen (secondary N) is 2. The summed E-state index contributed by atoms with van der Waals surface area (Å²) in [4.78, 5) is 18.9. The number of hydrogen-bond donors (Lipinski definition) is 3. The molecule has 348 valence electrons. The average Bonchev–Trinajstić information content (AvgIpc) is 3.31. The Morgan fingerprint density at radius 1 is 0.712 bits per heavy atom. The summed E-state index contributed by atoms with van der Waals surface area (Å²) in [5, 5.41) is 17.5. The average molecular weight is 966 g/mol. The van der Waals surface area contributed by atoms with E-state index in [4.69, 9.17) is 9.47 Å². The molecular weight excluding hydrogens is 906 g/mol. The van der Waals surface area contributed by atoms with E-state index in [0.717, 1.165) is 45.8 Å². The first-order chi connectivity index (χ1) is 31.5. The van der Waals surface area contributed by atoms with E-state index in [1.807, 2.05) is 55.4 Å². The Hall–Kier alpha value is -4.72.